The number of nitrogens with zero attached hydrogens (tertiary/aromatic N) is 1. The van der Waals surface area contributed by atoms with Gasteiger partial charge in [-0.25, -0.2) is 0 Å². The second-order valence-corrected chi connectivity index (χ2v) is 15.7. The summed E-state index contributed by atoms with van der Waals surface area (Å²) in [5, 5.41) is 1.96. The minimum atomic E-state index is -0.568. The van der Waals surface area contributed by atoms with Crippen LogP contribution in [-0.2, 0) is 24.8 Å². The van der Waals surface area contributed by atoms with E-state index in [4.69, 9.17) is 9.15 Å². The van der Waals surface area contributed by atoms with Crippen LogP contribution in [0.4, 0.5) is 17.1 Å². The van der Waals surface area contributed by atoms with Crippen LogP contribution in [0.25, 0.3) is 45.4 Å². The van der Waals surface area contributed by atoms with Crippen molar-refractivity contribution in [2.24, 2.45) is 0 Å². The molecule has 0 N–H and O–H groups in total. The molecule has 1 aliphatic heterocycles. The van der Waals surface area contributed by atoms with E-state index in [0.29, 0.717) is 0 Å². The average Bonchev–Trinajstić information content (AvgIpc) is 3.77. The Labute approximate surface area is 347 Å². The molecule has 58 heavy (non-hydrogen) atoms. The van der Waals surface area contributed by atoms with Gasteiger partial charge in [0.2, 0.25) is 0 Å². The third-order valence-electron chi connectivity index (χ3n) is 11.8. The first-order valence-electron chi connectivity index (χ1n) is 19.5. The van der Waals surface area contributed by atoms with Gasteiger partial charge in [0, 0.05) is 0 Å². The molecule has 0 atom stereocenters. The van der Waals surface area contributed by atoms with Gasteiger partial charge in [0.1, 0.15) is 11.5 Å². The summed E-state index contributed by atoms with van der Waals surface area (Å²) >= 11 is 1.35. The number of benzene rings is 8. The fourth-order valence-corrected chi connectivity index (χ4v) is 10.1. The van der Waals surface area contributed by atoms with E-state index in [-0.39, 0.29) is 0 Å². The monoisotopic (exact) mass is 913 g/mol. The van der Waals surface area contributed by atoms with Crippen molar-refractivity contribution in [1.29, 1.82) is 0 Å². The second kappa shape index (κ2) is 13.7. The zero-order valence-corrected chi connectivity index (χ0v) is 34.4. The first kappa shape index (κ1) is 34.4. The zero-order valence-electron chi connectivity index (χ0n) is 31.4. The molecule has 4 heteroatoms. The fourth-order valence-electron chi connectivity index (χ4n) is 9.22. The van der Waals surface area contributed by atoms with Crippen LogP contribution in [0.3, 0.4) is 0 Å². The molecular formula is C54H35NO2W. The van der Waals surface area contributed by atoms with Gasteiger partial charge in [-0.05, 0) is 12.1 Å². The normalized spacial score (nSPS) is 13.5. The van der Waals surface area contributed by atoms with Crippen molar-refractivity contribution in [3.8, 4) is 33.8 Å². The first-order chi connectivity index (χ1) is 28.6. The van der Waals surface area contributed by atoms with Crippen molar-refractivity contribution in [2.75, 3.05) is 4.90 Å². The molecule has 274 valence electrons. The summed E-state index contributed by atoms with van der Waals surface area (Å²) < 4.78 is 15.2. The Bertz CT molecular complexity index is 3140. The molecule has 3 nitrogen and oxygen atoms in total. The number of hydrogen-bond acceptors (Lipinski definition) is 3. The minimum absolute atomic E-state index is 0.568. The van der Waals surface area contributed by atoms with E-state index in [1.807, 2.05) is 18.2 Å². The number of para-hydroxylation sites is 3. The van der Waals surface area contributed by atoms with Crippen LogP contribution in [0, 0.1) is 0 Å². The van der Waals surface area contributed by atoms with E-state index in [9.17, 15) is 0 Å². The van der Waals surface area contributed by atoms with Gasteiger partial charge in [0.15, 0.2) is 0 Å². The van der Waals surface area contributed by atoms with Crippen molar-refractivity contribution in [3.05, 3.63) is 233 Å². The zero-order chi connectivity index (χ0) is 38.8. The molecule has 2 heterocycles. The van der Waals surface area contributed by atoms with Gasteiger partial charge in [-0.3, -0.25) is 0 Å². The molecule has 0 unspecified atom stereocenters. The third-order valence-corrected chi connectivity index (χ3v) is 12.7. The van der Waals surface area contributed by atoms with Crippen molar-refractivity contribution in [2.45, 2.75) is 5.41 Å². The molecule has 0 radical (unpaired) electrons. The summed E-state index contributed by atoms with van der Waals surface area (Å²) in [5.41, 5.74) is 16.1. The number of ether oxygens (including phenoxy) is 1. The average molecular weight is 914 g/mol. The Morgan fingerprint density at radius 2 is 1.07 bits per heavy atom. The van der Waals surface area contributed by atoms with Gasteiger partial charge in [-0.15, -0.1) is 0 Å². The van der Waals surface area contributed by atoms with Crippen LogP contribution >= 0.6 is 0 Å². The van der Waals surface area contributed by atoms with Crippen molar-refractivity contribution >= 4 is 44.6 Å². The molecule has 9 aromatic rings. The van der Waals surface area contributed by atoms with Crippen LogP contribution in [0.1, 0.15) is 27.8 Å². The second-order valence-electron chi connectivity index (χ2n) is 14.9. The molecule has 0 saturated carbocycles. The van der Waals surface area contributed by atoms with E-state index in [1.54, 1.807) is 0 Å². The van der Waals surface area contributed by atoms with Crippen LogP contribution in [0.2, 0.25) is 0 Å². The van der Waals surface area contributed by atoms with E-state index in [0.717, 1.165) is 72.4 Å². The summed E-state index contributed by atoms with van der Waals surface area (Å²) in [4.78, 5) is 2.38. The molecular weight excluding hydrogens is 878 g/mol. The molecule has 0 fully saturated rings. The Morgan fingerprint density at radius 3 is 1.76 bits per heavy atom. The molecule has 0 saturated heterocycles. The number of fused-ring (bicyclic) bond motifs is 10. The quantitative estimate of drug-likeness (QED) is 0.166. The molecule has 11 rings (SSSR count). The van der Waals surface area contributed by atoms with Crippen molar-refractivity contribution in [1.82, 2.24) is 0 Å². The third kappa shape index (κ3) is 5.20. The van der Waals surface area contributed by atoms with E-state index in [1.165, 1.54) is 52.7 Å². The summed E-state index contributed by atoms with van der Waals surface area (Å²) in [6.07, 6.45) is 0. The van der Waals surface area contributed by atoms with Crippen LogP contribution < -0.4 is 20.3 Å². The summed E-state index contributed by atoms with van der Waals surface area (Å²) in [7, 11) is 0. The van der Waals surface area contributed by atoms with Gasteiger partial charge in [-0.1, -0.05) is 91.0 Å². The van der Waals surface area contributed by atoms with Crippen molar-refractivity contribution < 1.29 is 28.5 Å². The first-order valence-corrected chi connectivity index (χ1v) is 21.2. The number of rotatable bonds is 6. The van der Waals surface area contributed by atoms with Gasteiger partial charge in [0.25, 0.3) is 0 Å². The maximum atomic E-state index is 6.63. The Balaban J connectivity index is 1.12. The van der Waals surface area contributed by atoms with Crippen LogP contribution in [0.15, 0.2) is 199 Å². The number of furan rings is 1. The Morgan fingerprint density at radius 1 is 0.517 bits per heavy atom. The summed E-state index contributed by atoms with van der Waals surface area (Å²) in [6, 6.07) is 69.4. The van der Waals surface area contributed by atoms with E-state index >= 15 is 0 Å². The van der Waals surface area contributed by atoms with E-state index in [2.05, 4.69) is 192 Å². The molecule has 8 aromatic carbocycles. The number of anilines is 3. The van der Waals surface area contributed by atoms with Gasteiger partial charge < -0.3 is 4.74 Å². The molecule has 1 aliphatic carbocycles. The molecule has 2 aliphatic rings. The van der Waals surface area contributed by atoms with Crippen molar-refractivity contribution in [3.63, 3.8) is 0 Å². The van der Waals surface area contributed by atoms with Gasteiger partial charge >= 0.3 is 230 Å². The van der Waals surface area contributed by atoms with Gasteiger partial charge in [0.05, 0.1) is 0 Å². The predicted octanol–water partition coefficient (Wildman–Crippen LogP) is 12.0. The molecule has 0 bridgehead atoms. The fraction of sp³-hybridized carbons (Fsp3) is 0.0185. The maximum absolute atomic E-state index is 6.63. The summed E-state index contributed by atoms with van der Waals surface area (Å²) in [6.45, 7) is 4.42. The summed E-state index contributed by atoms with van der Waals surface area (Å²) in [5.74, 6) is 1.77. The number of hydrogen-bond donors (Lipinski definition) is 0. The topological polar surface area (TPSA) is 25.6 Å². The van der Waals surface area contributed by atoms with Crippen LogP contribution in [0.5, 0.6) is 11.5 Å². The van der Waals surface area contributed by atoms with E-state index < -0.39 is 5.41 Å². The molecule has 1 spiro atoms. The van der Waals surface area contributed by atoms with Crippen LogP contribution in [-0.4, -0.2) is 4.40 Å². The Kier molecular flexibility index (Phi) is 8.13. The van der Waals surface area contributed by atoms with Gasteiger partial charge in [-0.2, -0.15) is 0 Å². The molecule has 0 amide bonds. The molecule has 1 aromatic heterocycles. The predicted molar refractivity (Wildman–Crippen MR) is 233 cm³/mol. The SMILES string of the molecule is C=c1c(=C([CH]=[W])c2ccc(N(c3ccc(-c4ccccc4)cc3)c3ccc4c(c3)C3(c5ccccc5Oc5ccccc53)c3ccccc3-4)cc2)oc2ccccc12. The Hall–Kier alpha value is -6.80. The standard InChI is InChI=1S/C54H35NO2.W/c1-35(53-36(2)43-16-7-11-21-50(43)57-53)37-24-28-40(29-25-37)55(41-30-26-39(27-31-41)38-14-4-3-5-15-38)42-32-33-45-44-17-6-8-18-46(44)54(49(45)34-42)47-19-9-12-22-51(47)56-52-23-13-10-20-48(52)54;/h1,3-34H,2H2;.